The third-order valence-corrected chi connectivity index (χ3v) is 4.04. The first kappa shape index (κ1) is 17.7. The highest BCUT2D eigenvalue weighted by atomic mass is 31.2. The Hall–Kier alpha value is -2.09. The largest absolute Gasteiger partial charge is 0.469 e. The molecule has 2 aromatic rings. The molecule has 138 valence electrons. The fraction of sp³-hybridized carbons (Fsp3) is 0.500. The number of rotatable bonds is 4. The number of phosphoric acid groups is 1. The Labute approximate surface area is 136 Å². The zero-order valence-corrected chi connectivity index (χ0v) is 13.1. The summed E-state index contributed by atoms with van der Waals surface area (Å²) in [4.78, 5) is 49.2. The van der Waals surface area contributed by atoms with Crippen LogP contribution in [0.25, 0.3) is 11.2 Å². The maximum absolute atomic E-state index is 14.4. The number of anilines is 1. The van der Waals surface area contributed by atoms with Crippen LogP contribution in [0.3, 0.4) is 0 Å². The second-order valence-electron chi connectivity index (χ2n) is 5.24. The molecule has 7 N–H and O–H groups in total. The summed E-state index contributed by atoms with van der Waals surface area (Å²) in [6.45, 7) is -0.824. The van der Waals surface area contributed by atoms with E-state index in [1.165, 1.54) is 0 Å². The molecule has 0 bridgehead atoms. The van der Waals surface area contributed by atoms with Crippen LogP contribution < -0.4 is 17.0 Å². The van der Waals surface area contributed by atoms with Crippen molar-refractivity contribution in [3.05, 3.63) is 20.8 Å². The Kier molecular flexibility index (Phi) is 4.26. The van der Waals surface area contributed by atoms with E-state index in [0.717, 1.165) is 0 Å². The van der Waals surface area contributed by atoms with Crippen molar-refractivity contribution in [3.63, 3.8) is 0 Å². The summed E-state index contributed by atoms with van der Waals surface area (Å²) in [7, 11) is -4.87. The molecule has 0 amide bonds. The maximum Gasteiger partial charge on any atom is 0.469 e. The monoisotopic (exact) mass is 381 g/mol. The molecule has 1 saturated heterocycles. The number of fused-ring (bicyclic) bond motifs is 1. The number of nitrogens with one attached hydrogen (secondary N) is 2. The van der Waals surface area contributed by atoms with Gasteiger partial charge in [0.1, 0.15) is 12.2 Å². The Bertz CT molecular complexity index is 964. The van der Waals surface area contributed by atoms with Crippen molar-refractivity contribution in [1.82, 2.24) is 19.5 Å². The molecule has 4 atom stereocenters. The van der Waals surface area contributed by atoms with Gasteiger partial charge in [0, 0.05) is 0 Å². The molecule has 25 heavy (non-hydrogen) atoms. The van der Waals surface area contributed by atoms with E-state index in [4.69, 9.17) is 20.3 Å². The number of hydrogen-bond donors (Lipinski definition) is 6. The SMILES string of the molecule is Nc1nc2c([nH]c(=O)n2[C@@H]2O[C@H](COP(=O)(O)O)[C@@H](O)[C@@H]2F)c(=O)[nH]1. The van der Waals surface area contributed by atoms with Gasteiger partial charge in [-0.05, 0) is 0 Å². The molecule has 3 heterocycles. The minimum absolute atomic E-state index is 0.278. The number of H-pyrrole nitrogens is 2. The number of alkyl halides is 1. The van der Waals surface area contributed by atoms with Gasteiger partial charge in [0.25, 0.3) is 5.56 Å². The molecule has 15 heteroatoms. The van der Waals surface area contributed by atoms with Gasteiger partial charge in [-0.1, -0.05) is 0 Å². The van der Waals surface area contributed by atoms with Crippen LogP contribution in [0.2, 0.25) is 0 Å². The molecule has 2 aromatic heterocycles. The molecule has 1 aliphatic heterocycles. The van der Waals surface area contributed by atoms with Gasteiger partial charge in [-0.3, -0.25) is 19.3 Å². The van der Waals surface area contributed by atoms with Crippen LogP contribution in [-0.4, -0.2) is 59.4 Å². The smallest absolute Gasteiger partial charge is 0.387 e. The van der Waals surface area contributed by atoms with Crippen molar-refractivity contribution < 1.29 is 33.1 Å². The van der Waals surface area contributed by atoms with Gasteiger partial charge >= 0.3 is 13.5 Å². The van der Waals surface area contributed by atoms with Crippen LogP contribution in [0.4, 0.5) is 10.3 Å². The first-order chi connectivity index (χ1) is 11.6. The van der Waals surface area contributed by atoms with Crippen molar-refractivity contribution in [2.45, 2.75) is 24.6 Å². The van der Waals surface area contributed by atoms with Gasteiger partial charge in [0.05, 0.1) is 6.61 Å². The number of nitrogens with two attached hydrogens (primary N) is 1. The highest BCUT2D eigenvalue weighted by molar-refractivity contribution is 7.46. The second-order valence-corrected chi connectivity index (χ2v) is 6.48. The summed E-state index contributed by atoms with van der Waals surface area (Å²) in [6, 6.07) is 0. The van der Waals surface area contributed by atoms with E-state index in [-0.39, 0.29) is 17.1 Å². The summed E-state index contributed by atoms with van der Waals surface area (Å²) in [5.41, 5.74) is 3.10. The number of nitrogens with zero attached hydrogens (tertiary/aromatic N) is 2. The summed E-state index contributed by atoms with van der Waals surface area (Å²) >= 11 is 0. The summed E-state index contributed by atoms with van der Waals surface area (Å²) in [5.74, 6) is -0.333. The Morgan fingerprint density at radius 2 is 2.08 bits per heavy atom. The summed E-state index contributed by atoms with van der Waals surface area (Å²) in [5, 5.41) is 9.82. The van der Waals surface area contributed by atoms with Crippen molar-refractivity contribution >= 4 is 24.9 Å². The highest BCUT2D eigenvalue weighted by Gasteiger charge is 2.47. The lowest BCUT2D eigenvalue weighted by atomic mass is 10.1. The third kappa shape index (κ3) is 3.22. The number of hydrogen-bond acceptors (Lipinski definition) is 8. The highest BCUT2D eigenvalue weighted by Crippen LogP contribution is 2.39. The number of nitrogen functional groups attached to an aromatic ring is 1. The molecule has 0 unspecified atom stereocenters. The maximum atomic E-state index is 14.4. The minimum atomic E-state index is -4.87. The summed E-state index contributed by atoms with van der Waals surface area (Å²) in [6.07, 6.45) is -7.18. The Morgan fingerprint density at radius 1 is 1.40 bits per heavy atom. The van der Waals surface area contributed by atoms with Crippen LogP contribution in [0.5, 0.6) is 0 Å². The molecule has 0 aromatic carbocycles. The van der Waals surface area contributed by atoms with Gasteiger partial charge in [-0.25, -0.2) is 18.3 Å². The Morgan fingerprint density at radius 3 is 2.72 bits per heavy atom. The molecule has 0 radical (unpaired) electrons. The van der Waals surface area contributed by atoms with E-state index in [0.29, 0.717) is 4.57 Å². The number of aliphatic hydroxyl groups excluding tert-OH is 1. The van der Waals surface area contributed by atoms with E-state index >= 15 is 0 Å². The van der Waals surface area contributed by atoms with E-state index < -0.39 is 50.3 Å². The molecular formula is C10H13FN5O8P. The van der Waals surface area contributed by atoms with Gasteiger partial charge < -0.3 is 25.4 Å². The van der Waals surface area contributed by atoms with Crippen LogP contribution >= 0.6 is 7.82 Å². The van der Waals surface area contributed by atoms with Crippen LogP contribution in [0.1, 0.15) is 6.23 Å². The van der Waals surface area contributed by atoms with Crippen LogP contribution in [0, 0.1) is 0 Å². The zero-order chi connectivity index (χ0) is 18.5. The van der Waals surface area contributed by atoms with Crippen molar-refractivity contribution in [3.8, 4) is 0 Å². The molecule has 3 rings (SSSR count). The number of halogens is 1. The first-order valence-electron chi connectivity index (χ1n) is 6.76. The molecule has 0 aliphatic carbocycles. The predicted molar refractivity (Wildman–Crippen MR) is 78.2 cm³/mol. The number of phosphoric ester groups is 1. The van der Waals surface area contributed by atoms with E-state index in [1.807, 2.05) is 0 Å². The topological polar surface area (TPSA) is 206 Å². The van der Waals surface area contributed by atoms with Gasteiger partial charge in [0.15, 0.2) is 23.6 Å². The average Bonchev–Trinajstić information content (AvgIpc) is 2.95. The third-order valence-electron chi connectivity index (χ3n) is 3.55. The summed E-state index contributed by atoms with van der Waals surface area (Å²) < 4.78 is 35.1. The molecule has 0 spiro atoms. The van der Waals surface area contributed by atoms with Gasteiger partial charge in [0.2, 0.25) is 5.95 Å². The number of aliphatic hydroxyl groups is 1. The number of ether oxygens (including phenoxy) is 1. The van der Waals surface area contributed by atoms with E-state index in [9.17, 15) is 23.7 Å². The lowest BCUT2D eigenvalue weighted by molar-refractivity contribution is -0.0462. The average molecular weight is 381 g/mol. The number of aromatic nitrogens is 4. The molecule has 13 nitrogen and oxygen atoms in total. The quantitative estimate of drug-likeness (QED) is 0.312. The lowest BCUT2D eigenvalue weighted by Gasteiger charge is -2.15. The fourth-order valence-electron chi connectivity index (χ4n) is 2.48. The number of imidazole rings is 1. The molecular weight excluding hydrogens is 368 g/mol. The normalized spacial score (nSPS) is 27.2. The standard InChI is InChI=1S/C10H13FN5O8P/c11-3-5(17)2(1-23-25(20,21)22)24-8(3)16-6-4(13-10(16)19)7(18)15-9(12)14-6/h2-3,5,8,17H,1H2,(H,13,19)(H2,20,21,22)(H3,12,14,15,18)/t2-,3+,5-,8-/m1/s1. The van der Waals surface area contributed by atoms with Crippen LogP contribution in [0.15, 0.2) is 9.59 Å². The van der Waals surface area contributed by atoms with Crippen molar-refractivity contribution in [2.24, 2.45) is 0 Å². The molecule has 0 saturated carbocycles. The lowest BCUT2D eigenvalue weighted by Crippen LogP contribution is -2.32. The van der Waals surface area contributed by atoms with E-state index in [2.05, 4.69) is 19.5 Å². The Balaban J connectivity index is 1.98. The van der Waals surface area contributed by atoms with E-state index in [1.54, 1.807) is 0 Å². The van der Waals surface area contributed by atoms with Gasteiger partial charge in [-0.2, -0.15) is 4.98 Å². The fourth-order valence-corrected chi connectivity index (χ4v) is 2.83. The number of aromatic amines is 2. The van der Waals surface area contributed by atoms with Crippen molar-refractivity contribution in [2.75, 3.05) is 12.3 Å². The second kappa shape index (κ2) is 6.01. The van der Waals surface area contributed by atoms with Gasteiger partial charge in [-0.15, -0.1) is 0 Å². The van der Waals surface area contributed by atoms with Crippen molar-refractivity contribution in [1.29, 1.82) is 0 Å². The van der Waals surface area contributed by atoms with Crippen LogP contribution in [-0.2, 0) is 13.8 Å². The molecule has 1 fully saturated rings. The zero-order valence-electron chi connectivity index (χ0n) is 12.2. The minimum Gasteiger partial charge on any atom is -0.387 e. The molecule has 1 aliphatic rings. The predicted octanol–water partition coefficient (Wildman–Crippen LogP) is -2.30. The first-order valence-corrected chi connectivity index (χ1v) is 8.29.